The summed E-state index contributed by atoms with van der Waals surface area (Å²) in [6.45, 7) is 4.74. The first-order valence-corrected chi connectivity index (χ1v) is 17.6. The molecular weight excluding hydrogens is 625 g/mol. The minimum absolute atomic E-state index is 0.119. The maximum absolute atomic E-state index is 6.59. The van der Waals surface area contributed by atoms with Gasteiger partial charge in [-0.2, -0.15) is 0 Å². The Morgan fingerprint density at radius 3 is 2.25 bits per heavy atom. The monoisotopic (exact) mass is 656 g/mol. The van der Waals surface area contributed by atoms with Crippen molar-refractivity contribution in [3.8, 4) is 28.0 Å². The Hall–Kier alpha value is -6.39. The fourth-order valence-electron chi connectivity index (χ4n) is 8.70. The average molecular weight is 657 g/mol. The van der Waals surface area contributed by atoms with E-state index in [0.29, 0.717) is 0 Å². The van der Waals surface area contributed by atoms with E-state index in [4.69, 9.17) is 14.1 Å². The lowest BCUT2D eigenvalue weighted by Gasteiger charge is -2.26. The molecule has 0 saturated heterocycles. The molecule has 3 aliphatic rings. The van der Waals surface area contributed by atoms with Crippen molar-refractivity contribution in [3.63, 3.8) is 0 Å². The molecule has 7 aromatic carbocycles. The molecule has 0 saturated carbocycles. The molecule has 3 heterocycles. The molecule has 0 amide bonds. The molecule has 242 valence electrons. The summed E-state index contributed by atoms with van der Waals surface area (Å²) < 4.78 is 12.8. The summed E-state index contributed by atoms with van der Waals surface area (Å²) in [6, 6.07) is 51.6. The Morgan fingerprint density at radius 1 is 0.608 bits per heavy atom. The molecular formula is C47H32N2O2. The molecule has 1 aliphatic carbocycles. The number of nitrogens with one attached hydrogen (secondary N) is 1. The van der Waals surface area contributed by atoms with Gasteiger partial charge in [-0.3, -0.25) is 0 Å². The van der Waals surface area contributed by atoms with Gasteiger partial charge in [0.25, 0.3) is 0 Å². The number of hydrogen-bond donors (Lipinski definition) is 1. The first-order valence-electron chi connectivity index (χ1n) is 17.6. The molecule has 1 unspecified atom stereocenters. The maximum Gasteiger partial charge on any atom is 0.157 e. The van der Waals surface area contributed by atoms with Gasteiger partial charge >= 0.3 is 0 Å². The van der Waals surface area contributed by atoms with Crippen molar-refractivity contribution in [3.05, 3.63) is 179 Å². The molecule has 1 aromatic heterocycles. The van der Waals surface area contributed by atoms with Gasteiger partial charge in [-0.25, -0.2) is 4.99 Å². The smallest absolute Gasteiger partial charge is 0.157 e. The summed E-state index contributed by atoms with van der Waals surface area (Å²) >= 11 is 0. The van der Waals surface area contributed by atoms with Gasteiger partial charge in [0.05, 0.1) is 0 Å². The molecule has 1 N–H and O–H groups in total. The van der Waals surface area contributed by atoms with Crippen molar-refractivity contribution in [2.45, 2.75) is 25.3 Å². The van der Waals surface area contributed by atoms with Crippen molar-refractivity contribution < 1.29 is 9.15 Å². The minimum Gasteiger partial charge on any atom is -0.456 e. The highest BCUT2D eigenvalue weighted by Gasteiger charge is 2.41. The Kier molecular flexibility index (Phi) is 5.75. The summed E-state index contributed by atoms with van der Waals surface area (Å²) in [5.41, 5.74) is 13.3. The Bertz CT molecular complexity index is 2840. The number of amidine groups is 1. The van der Waals surface area contributed by atoms with Crippen LogP contribution in [0.4, 0.5) is 0 Å². The Balaban J connectivity index is 1.13. The van der Waals surface area contributed by atoms with E-state index in [1.54, 1.807) is 0 Å². The molecule has 4 nitrogen and oxygen atoms in total. The van der Waals surface area contributed by atoms with Crippen LogP contribution in [-0.2, 0) is 5.41 Å². The number of rotatable bonds is 3. The molecule has 8 aromatic rings. The third-order valence-electron chi connectivity index (χ3n) is 11.1. The summed E-state index contributed by atoms with van der Waals surface area (Å²) in [4.78, 5) is 5.29. The molecule has 0 fully saturated rings. The first-order chi connectivity index (χ1) is 25.0. The molecule has 51 heavy (non-hydrogen) atoms. The normalized spacial score (nSPS) is 16.7. The maximum atomic E-state index is 6.59. The third kappa shape index (κ3) is 4.05. The lowest BCUT2D eigenvalue weighted by molar-refractivity contribution is 0.420. The van der Waals surface area contributed by atoms with Crippen molar-refractivity contribution in [1.82, 2.24) is 5.32 Å². The number of aliphatic imine (C=N–C) groups is 1. The number of para-hydroxylation sites is 2. The Labute approximate surface area is 295 Å². The molecule has 0 radical (unpaired) electrons. The largest absolute Gasteiger partial charge is 0.456 e. The van der Waals surface area contributed by atoms with Crippen LogP contribution in [0.2, 0.25) is 0 Å². The number of hydrogen-bond acceptors (Lipinski definition) is 4. The number of ether oxygens (including phenoxy) is 1. The van der Waals surface area contributed by atoms with Crippen molar-refractivity contribution in [2.24, 2.45) is 4.99 Å². The third-order valence-corrected chi connectivity index (χ3v) is 11.1. The van der Waals surface area contributed by atoms with E-state index < -0.39 is 0 Å². The van der Waals surface area contributed by atoms with Gasteiger partial charge < -0.3 is 14.5 Å². The first kappa shape index (κ1) is 28.4. The summed E-state index contributed by atoms with van der Waals surface area (Å²) in [6.07, 6.45) is 0. The van der Waals surface area contributed by atoms with E-state index >= 15 is 0 Å². The van der Waals surface area contributed by atoms with Gasteiger partial charge in [0.2, 0.25) is 0 Å². The van der Waals surface area contributed by atoms with Crippen LogP contribution in [-0.4, -0.2) is 5.84 Å². The van der Waals surface area contributed by atoms with E-state index in [2.05, 4.69) is 134 Å². The average Bonchev–Trinajstić information content (AvgIpc) is 3.82. The molecule has 1 atom stereocenters. The van der Waals surface area contributed by atoms with Crippen LogP contribution in [0.3, 0.4) is 0 Å². The fourth-order valence-corrected chi connectivity index (χ4v) is 8.70. The number of fused-ring (bicyclic) bond motifs is 11. The molecule has 0 bridgehead atoms. The molecule has 11 rings (SSSR count). The minimum atomic E-state index is -0.272. The van der Waals surface area contributed by atoms with Crippen LogP contribution in [0.25, 0.3) is 60.7 Å². The van der Waals surface area contributed by atoms with E-state index in [1.807, 2.05) is 30.3 Å². The number of furan rings is 1. The highest BCUT2D eigenvalue weighted by atomic mass is 16.5. The van der Waals surface area contributed by atoms with Crippen LogP contribution in [0, 0.1) is 0 Å². The van der Waals surface area contributed by atoms with E-state index in [0.717, 1.165) is 61.7 Å². The van der Waals surface area contributed by atoms with E-state index in [1.165, 1.54) is 44.2 Å². The van der Waals surface area contributed by atoms with E-state index in [-0.39, 0.29) is 11.5 Å². The number of nitrogens with zero attached hydrogens (tertiary/aromatic N) is 1. The summed E-state index contributed by atoms with van der Waals surface area (Å²) in [7, 11) is 0. The van der Waals surface area contributed by atoms with Crippen molar-refractivity contribution in [2.75, 3.05) is 0 Å². The van der Waals surface area contributed by atoms with Crippen LogP contribution in [0.15, 0.2) is 161 Å². The molecule has 4 heteroatoms. The molecule has 2 aliphatic heterocycles. The molecule has 0 spiro atoms. The van der Waals surface area contributed by atoms with Crippen LogP contribution < -0.4 is 10.1 Å². The van der Waals surface area contributed by atoms with Gasteiger partial charge in [-0.15, -0.1) is 0 Å². The summed E-state index contributed by atoms with van der Waals surface area (Å²) in [5.74, 6) is 2.56. The zero-order valence-corrected chi connectivity index (χ0v) is 28.2. The van der Waals surface area contributed by atoms with Gasteiger partial charge in [0.1, 0.15) is 34.5 Å². The van der Waals surface area contributed by atoms with Crippen molar-refractivity contribution in [1.29, 1.82) is 0 Å². The van der Waals surface area contributed by atoms with Gasteiger partial charge in [-0.05, 0) is 80.6 Å². The number of benzene rings is 7. The van der Waals surface area contributed by atoms with Crippen LogP contribution in [0.5, 0.6) is 5.75 Å². The second-order valence-corrected chi connectivity index (χ2v) is 14.3. The second kappa shape index (κ2) is 10.3. The topological polar surface area (TPSA) is 46.8 Å². The van der Waals surface area contributed by atoms with Gasteiger partial charge in [0, 0.05) is 32.9 Å². The van der Waals surface area contributed by atoms with E-state index in [9.17, 15) is 0 Å². The zero-order chi connectivity index (χ0) is 33.8. The second-order valence-electron chi connectivity index (χ2n) is 14.3. The standard InChI is InChI=1S/C47H32N2O2/c1-47(2)37-26-30(43-45-44(34-17-9-11-19-39(34)51-45)49-46(48-43)27-12-4-3-5-13-27)20-22-33(37)41-35(24-28-14-6-7-15-31(28)42(41)47)29-21-23-40-36(25-29)32-16-8-10-18-38(32)50-40/h3-26,44H,1-2H3,(H,48,49). The highest BCUT2D eigenvalue weighted by molar-refractivity contribution is 6.10. The lowest BCUT2D eigenvalue weighted by Crippen LogP contribution is -2.33. The van der Waals surface area contributed by atoms with Crippen molar-refractivity contribution >= 4 is 44.2 Å². The highest BCUT2D eigenvalue weighted by Crippen LogP contribution is 2.56. The van der Waals surface area contributed by atoms with Crippen LogP contribution >= 0.6 is 0 Å². The fraction of sp³-hybridized carbons (Fsp3) is 0.0851. The predicted octanol–water partition coefficient (Wildman–Crippen LogP) is 11.6. The predicted molar refractivity (Wildman–Crippen MR) is 207 cm³/mol. The van der Waals surface area contributed by atoms with Gasteiger partial charge in [0.15, 0.2) is 5.76 Å². The Morgan fingerprint density at radius 2 is 1.35 bits per heavy atom. The van der Waals surface area contributed by atoms with Gasteiger partial charge in [-0.1, -0.05) is 123 Å². The van der Waals surface area contributed by atoms with Crippen LogP contribution in [0.1, 0.15) is 47.7 Å². The SMILES string of the molecule is CC1(C)c2cc(C3=C4Oc5ccccc5C4NC(c4ccccc4)=N3)ccc2-c2c(-c3ccc4oc5ccccc5c4c3)cc3ccccc3c21. The summed E-state index contributed by atoms with van der Waals surface area (Å²) in [5, 5.41) is 8.50. The zero-order valence-electron chi connectivity index (χ0n) is 28.2. The quantitative estimate of drug-likeness (QED) is 0.206. The lowest BCUT2D eigenvalue weighted by atomic mass is 9.79.